The van der Waals surface area contributed by atoms with E-state index in [0.29, 0.717) is 25.1 Å². The molecule has 0 unspecified atom stereocenters. The molecule has 2 rings (SSSR count). The number of thioether (sulfide) groups is 1. The Labute approximate surface area is 265 Å². The Morgan fingerprint density at radius 1 is 0.955 bits per heavy atom. The van der Waals surface area contributed by atoms with Crippen molar-refractivity contribution in [2.24, 2.45) is 0 Å². The minimum absolute atomic E-state index is 0.0302. The molecule has 2 atom stereocenters. The molecule has 0 bridgehead atoms. The molecule has 1 aromatic heterocycles. The van der Waals surface area contributed by atoms with E-state index in [1.165, 1.54) is 28.6 Å². The van der Waals surface area contributed by atoms with Crippen molar-refractivity contribution >= 4 is 29.6 Å². The number of anilines is 1. The first kappa shape index (κ1) is 36.4. The number of nitrogens with one attached hydrogen (secondary N) is 2. The van der Waals surface area contributed by atoms with Gasteiger partial charge in [0, 0.05) is 31.5 Å². The first-order chi connectivity index (χ1) is 21.5. The molecule has 240 valence electrons. The third kappa shape index (κ3) is 17.3. The monoisotopic (exact) mass is 625 g/mol. The summed E-state index contributed by atoms with van der Waals surface area (Å²) in [5.74, 6) is 0.592. The number of aromatic nitrogens is 2. The predicted molar refractivity (Wildman–Crippen MR) is 179 cm³/mol. The van der Waals surface area contributed by atoms with Crippen LogP contribution in [0.15, 0.2) is 90.0 Å². The molecule has 11 heteroatoms. The van der Waals surface area contributed by atoms with Gasteiger partial charge in [-0.15, -0.1) is 11.8 Å². The molecule has 0 aromatic carbocycles. The number of rotatable bonds is 20. The zero-order chi connectivity index (χ0) is 31.7. The Kier molecular flexibility index (Phi) is 19.5. The Bertz CT molecular complexity index is 1220. The summed E-state index contributed by atoms with van der Waals surface area (Å²) in [6.07, 6.45) is 33.1. The molecule has 1 aliphatic rings. The van der Waals surface area contributed by atoms with E-state index in [9.17, 15) is 14.4 Å². The number of nitrogen functional groups attached to an aromatic ring is 1. The molecule has 2 amide bonds. The van der Waals surface area contributed by atoms with Gasteiger partial charge in [-0.05, 0) is 51.0 Å². The van der Waals surface area contributed by atoms with Crippen LogP contribution in [-0.2, 0) is 14.3 Å². The fraction of sp³-hybridized carbons (Fsp3) is 0.455. The van der Waals surface area contributed by atoms with Gasteiger partial charge < -0.3 is 25.8 Å². The lowest BCUT2D eigenvalue weighted by molar-refractivity contribution is -0.120. The molecule has 10 nitrogen and oxygen atoms in total. The largest absolute Gasteiger partial charge is 0.446 e. The van der Waals surface area contributed by atoms with Gasteiger partial charge in [-0.25, -0.2) is 9.59 Å². The molecule has 1 aromatic rings. The second-order valence-corrected chi connectivity index (χ2v) is 10.9. The predicted octanol–water partition coefficient (Wildman–Crippen LogP) is 5.73. The highest BCUT2D eigenvalue weighted by molar-refractivity contribution is 8.00. The van der Waals surface area contributed by atoms with E-state index >= 15 is 0 Å². The van der Waals surface area contributed by atoms with Crippen molar-refractivity contribution < 1.29 is 19.1 Å². The van der Waals surface area contributed by atoms with Crippen LogP contribution < -0.4 is 22.1 Å². The number of hydrogen-bond acceptors (Lipinski definition) is 8. The Morgan fingerprint density at radius 3 is 2.11 bits per heavy atom. The fourth-order valence-electron chi connectivity index (χ4n) is 3.83. The SMILES string of the molecule is CCC=CCC=CCC=CCC=CCC=CCC=CCCC(=O)NCCNC(=O)OC[C@@H]1O[C@H](n2ccc(N)nc2=O)CS1. The molecule has 44 heavy (non-hydrogen) atoms. The summed E-state index contributed by atoms with van der Waals surface area (Å²) in [5.41, 5.74) is 4.62. The summed E-state index contributed by atoms with van der Waals surface area (Å²) in [4.78, 5) is 39.5. The highest BCUT2D eigenvalue weighted by Gasteiger charge is 2.29. The number of allylic oxidation sites excluding steroid dienone is 12. The standard InChI is InChI=1S/C33H47N5O5S/c1-2-3-4-5-6-7-8-9-10-11-12-13-14-15-16-17-18-19-20-21-29(39)35-23-24-36-33(41)42-26-31-43-30(27-44-31)38-25-22-28(34)37-32(38)40/h3-4,6-7,9-10,12-13,15-16,18-19,22,25,30-31H,2,5,8,11,14,17,20-21,23-24,26-27H2,1H3,(H,35,39)(H,36,41)(H2,34,37,40)/t30-,31+/m0/s1. The average molecular weight is 626 g/mol. The number of amides is 2. The maximum absolute atomic E-state index is 12.0. The lowest BCUT2D eigenvalue weighted by atomic mass is 10.2. The first-order valence-corrected chi connectivity index (χ1v) is 16.2. The van der Waals surface area contributed by atoms with Crippen LogP contribution in [-0.4, -0.2) is 52.4 Å². The molecule has 4 N–H and O–H groups in total. The number of carbonyl (C=O) groups excluding carboxylic acids is 2. The van der Waals surface area contributed by atoms with Crippen molar-refractivity contribution in [3.05, 3.63) is 95.7 Å². The van der Waals surface area contributed by atoms with Gasteiger partial charge in [-0.1, -0.05) is 79.8 Å². The highest BCUT2D eigenvalue weighted by Crippen LogP contribution is 2.31. The number of ether oxygens (including phenoxy) is 2. The second kappa shape index (κ2) is 23.6. The van der Waals surface area contributed by atoms with E-state index in [0.717, 1.165) is 38.5 Å². The van der Waals surface area contributed by atoms with Crippen molar-refractivity contribution in [2.45, 2.75) is 70.0 Å². The molecule has 0 radical (unpaired) electrons. The Hall–Kier alpha value is -3.83. The molecule has 1 saturated heterocycles. The van der Waals surface area contributed by atoms with Gasteiger partial charge in [0.25, 0.3) is 0 Å². The third-order valence-electron chi connectivity index (χ3n) is 6.10. The van der Waals surface area contributed by atoms with Crippen LogP contribution in [0.3, 0.4) is 0 Å². The summed E-state index contributed by atoms with van der Waals surface area (Å²) in [6, 6.07) is 1.52. The van der Waals surface area contributed by atoms with Crippen molar-refractivity contribution in [1.29, 1.82) is 0 Å². The van der Waals surface area contributed by atoms with Gasteiger partial charge in [-0.3, -0.25) is 9.36 Å². The van der Waals surface area contributed by atoms with Crippen LogP contribution in [0, 0.1) is 0 Å². The lowest BCUT2D eigenvalue weighted by Crippen LogP contribution is -2.35. The first-order valence-electron chi connectivity index (χ1n) is 15.2. The Balaban J connectivity index is 1.41. The zero-order valence-electron chi connectivity index (χ0n) is 25.6. The van der Waals surface area contributed by atoms with Crippen LogP contribution in [0.25, 0.3) is 0 Å². The van der Waals surface area contributed by atoms with Crippen LogP contribution >= 0.6 is 11.8 Å². The summed E-state index contributed by atoms with van der Waals surface area (Å²) < 4.78 is 12.3. The number of nitrogens with zero attached hydrogens (tertiary/aromatic N) is 2. The molecule has 2 heterocycles. The minimum Gasteiger partial charge on any atom is -0.446 e. The zero-order valence-corrected chi connectivity index (χ0v) is 26.5. The summed E-state index contributed by atoms with van der Waals surface area (Å²) in [6.45, 7) is 2.73. The van der Waals surface area contributed by atoms with Gasteiger partial charge >= 0.3 is 11.8 Å². The maximum Gasteiger partial charge on any atom is 0.407 e. The van der Waals surface area contributed by atoms with E-state index in [2.05, 4.69) is 89.4 Å². The molecule has 1 fully saturated rings. The van der Waals surface area contributed by atoms with Gasteiger partial charge in [0.15, 0.2) is 0 Å². The third-order valence-corrected chi connectivity index (χ3v) is 7.19. The molecular weight excluding hydrogens is 578 g/mol. The quantitative estimate of drug-likeness (QED) is 0.123. The van der Waals surface area contributed by atoms with Gasteiger partial charge in [0.1, 0.15) is 24.1 Å². The van der Waals surface area contributed by atoms with Gasteiger partial charge in [0.05, 0.1) is 0 Å². The van der Waals surface area contributed by atoms with E-state index in [4.69, 9.17) is 15.2 Å². The molecule has 1 aliphatic heterocycles. The van der Waals surface area contributed by atoms with Crippen molar-refractivity contribution in [3.8, 4) is 0 Å². The van der Waals surface area contributed by atoms with Crippen molar-refractivity contribution in [1.82, 2.24) is 20.2 Å². The van der Waals surface area contributed by atoms with Gasteiger partial charge in [0.2, 0.25) is 5.91 Å². The number of carbonyl (C=O) groups is 2. The molecule has 0 aliphatic carbocycles. The van der Waals surface area contributed by atoms with E-state index in [1.807, 2.05) is 6.08 Å². The van der Waals surface area contributed by atoms with Crippen molar-refractivity contribution in [3.63, 3.8) is 0 Å². The number of nitrogens with two attached hydrogens (primary N) is 1. The second-order valence-electron chi connectivity index (χ2n) is 9.72. The van der Waals surface area contributed by atoms with Gasteiger partial charge in [-0.2, -0.15) is 4.98 Å². The molecule has 0 saturated carbocycles. The number of alkyl carbamates (subject to hydrolysis) is 1. The van der Waals surface area contributed by atoms with Crippen LogP contribution in [0.4, 0.5) is 10.6 Å². The molecular formula is C33H47N5O5S. The smallest absolute Gasteiger partial charge is 0.407 e. The summed E-state index contributed by atoms with van der Waals surface area (Å²) >= 11 is 1.43. The highest BCUT2D eigenvalue weighted by atomic mass is 32.2. The van der Waals surface area contributed by atoms with Crippen LogP contribution in [0.5, 0.6) is 0 Å². The van der Waals surface area contributed by atoms with Crippen molar-refractivity contribution in [2.75, 3.05) is 31.2 Å². The topological polar surface area (TPSA) is 138 Å². The minimum atomic E-state index is -0.601. The van der Waals surface area contributed by atoms with E-state index in [1.54, 1.807) is 0 Å². The summed E-state index contributed by atoms with van der Waals surface area (Å²) in [7, 11) is 0. The lowest BCUT2D eigenvalue weighted by Gasteiger charge is -2.15. The molecule has 0 spiro atoms. The van der Waals surface area contributed by atoms with Crippen LogP contribution in [0.1, 0.15) is 64.5 Å². The fourth-order valence-corrected chi connectivity index (χ4v) is 4.81. The number of hydrogen-bond donors (Lipinski definition) is 3. The van der Waals surface area contributed by atoms with Crippen LogP contribution in [0.2, 0.25) is 0 Å². The summed E-state index contributed by atoms with van der Waals surface area (Å²) in [5, 5.41) is 5.37. The normalized spacial score (nSPS) is 17.3. The van der Waals surface area contributed by atoms with E-state index in [-0.39, 0.29) is 24.9 Å². The maximum atomic E-state index is 12.0. The van der Waals surface area contributed by atoms with E-state index < -0.39 is 23.4 Å². The Morgan fingerprint density at radius 2 is 1.52 bits per heavy atom. The average Bonchev–Trinajstić information content (AvgIpc) is 3.48.